The van der Waals surface area contributed by atoms with Crippen LogP contribution >= 0.6 is 0 Å². The van der Waals surface area contributed by atoms with Crippen molar-refractivity contribution in [1.29, 1.82) is 0 Å². The number of para-hydroxylation sites is 1. The number of hydrogen-bond donors (Lipinski definition) is 2. The van der Waals surface area contributed by atoms with Gasteiger partial charge in [-0.25, -0.2) is 9.48 Å². The standard InChI is InChI=1S/C18H17N3O3/c1-12-16(19-14-10-8-13(9-11-14)18(23)24)17(22)21(20(12)2)15-6-4-3-5-7-15/h3-11,19H,1-2H3,(H,23,24). The Morgan fingerprint density at radius 1 is 1.04 bits per heavy atom. The molecule has 2 N–H and O–H groups in total. The minimum atomic E-state index is -0.983. The first-order valence-corrected chi connectivity index (χ1v) is 7.43. The van der Waals surface area contributed by atoms with Crippen LogP contribution in [-0.4, -0.2) is 20.4 Å². The Morgan fingerprint density at radius 3 is 2.25 bits per heavy atom. The van der Waals surface area contributed by atoms with E-state index in [2.05, 4.69) is 5.32 Å². The van der Waals surface area contributed by atoms with E-state index < -0.39 is 5.97 Å². The Morgan fingerprint density at radius 2 is 1.67 bits per heavy atom. The maximum absolute atomic E-state index is 12.8. The molecule has 6 nitrogen and oxygen atoms in total. The third-order valence-corrected chi connectivity index (χ3v) is 3.96. The van der Waals surface area contributed by atoms with Gasteiger partial charge < -0.3 is 10.4 Å². The molecule has 0 bridgehead atoms. The van der Waals surface area contributed by atoms with Crippen LogP contribution in [0.5, 0.6) is 0 Å². The summed E-state index contributed by atoms with van der Waals surface area (Å²) >= 11 is 0. The van der Waals surface area contributed by atoms with Gasteiger partial charge in [0.05, 0.1) is 16.9 Å². The predicted molar refractivity (Wildman–Crippen MR) is 92.4 cm³/mol. The molecule has 0 unspecified atom stereocenters. The zero-order chi connectivity index (χ0) is 17.3. The molecule has 0 saturated heterocycles. The van der Waals surface area contributed by atoms with Crippen LogP contribution in [0.1, 0.15) is 16.1 Å². The highest BCUT2D eigenvalue weighted by molar-refractivity contribution is 5.88. The molecule has 6 heteroatoms. The lowest BCUT2D eigenvalue weighted by Gasteiger charge is -2.07. The van der Waals surface area contributed by atoms with Gasteiger partial charge in [-0.05, 0) is 43.3 Å². The summed E-state index contributed by atoms with van der Waals surface area (Å²) in [4.78, 5) is 23.7. The molecule has 0 aliphatic rings. The summed E-state index contributed by atoms with van der Waals surface area (Å²) in [7, 11) is 1.82. The third kappa shape index (κ3) is 2.69. The fourth-order valence-corrected chi connectivity index (χ4v) is 2.55. The summed E-state index contributed by atoms with van der Waals surface area (Å²) in [6.45, 7) is 1.86. The smallest absolute Gasteiger partial charge is 0.335 e. The second-order valence-electron chi connectivity index (χ2n) is 5.44. The van der Waals surface area contributed by atoms with E-state index in [0.717, 1.165) is 11.4 Å². The topological polar surface area (TPSA) is 76.3 Å². The molecular formula is C18H17N3O3. The van der Waals surface area contributed by atoms with Gasteiger partial charge >= 0.3 is 5.97 Å². The summed E-state index contributed by atoms with van der Waals surface area (Å²) in [5.41, 5.74) is 2.72. The van der Waals surface area contributed by atoms with Gasteiger partial charge in [0.15, 0.2) is 0 Å². The summed E-state index contributed by atoms with van der Waals surface area (Å²) < 4.78 is 3.37. The molecule has 24 heavy (non-hydrogen) atoms. The minimum Gasteiger partial charge on any atom is -0.478 e. The molecule has 0 atom stereocenters. The summed E-state index contributed by atoms with van der Waals surface area (Å²) in [5.74, 6) is -0.983. The molecule has 0 aliphatic carbocycles. The first kappa shape index (κ1) is 15.6. The van der Waals surface area contributed by atoms with Gasteiger partial charge in [0.25, 0.3) is 5.56 Å². The van der Waals surface area contributed by atoms with E-state index in [-0.39, 0.29) is 11.1 Å². The molecule has 0 saturated carbocycles. The number of carbonyl (C=O) groups is 1. The Kier molecular flexibility index (Phi) is 3.95. The van der Waals surface area contributed by atoms with Crippen molar-refractivity contribution in [2.75, 3.05) is 5.32 Å². The zero-order valence-corrected chi connectivity index (χ0v) is 13.4. The number of rotatable bonds is 4. The average molecular weight is 323 g/mol. The van der Waals surface area contributed by atoms with E-state index in [1.807, 2.05) is 44.3 Å². The normalized spacial score (nSPS) is 10.6. The molecule has 3 rings (SSSR count). The quantitative estimate of drug-likeness (QED) is 0.774. The molecule has 0 spiro atoms. The van der Waals surface area contributed by atoms with Gasteiger partial charge in [-0.1, -0.05) is 18.2 Å². The molecule has 0 fully saturated rings. The van der Waals surface area contributed by atoms with Crippen LogP contribution in [0.2, 0.25) is 0 Å². The molecule has 0 amide bonds. The largest absolute Gasteiger partial charge is 0.478 e. The molecule has 1 aromatic heterocycles. The third-order valence-electron chi connectivity index (χ3n) is 3.96. The van der Waals surface area contributed by atoms with E-state index in [0.29, 0.717) is 11.4 Å². The number of nitrogens with zero attached hydrogens (tertiary/aromatic N) is 2. The van der Waals surface area contributed by atoms with Crippen LogP contribution in [-0.2, 0) is 7.05 Å². The molecule has 1 heterocycles. The fourth-order valence-electron chi connectivity index (χ4n) is 2.55. The van der Waals surface area contributed by atoms with Crippen molar-refractivity contribution in [3.8, 4) is 5.69 Å². The van der Waals surface area contributed by atoms with Crippen LogP contribution in [0.25, 0.3) is 5.69 Å². The second-order valence-corrected chi connectivity index (χ2v) is 5.44. The van der Waals surface area contributed by atoms with Crippen LogP contribution in [0.3, 0.4) is 0 Å². The van der Waals surface area contributed by atoms with E-state index in [1.165, 1.54) is 12.1 Å². The first-order chi connectivity index (χ1) is 11.5. The van der Waals surface area contributed by atoms with Crippen molar-refractivity contribution in [2.24, 2.45) is 7.05 Å². The first-order valence-electron chi connectivity index (χ1n) is 7.43. The highest BCUT2D eigenvalue weighted by Crippen LogP contribution is 2.19. The number of aromatic carboxylic acids is 1. The molecule has 2 aromatic carbocycles. The number of carboxylic acid groups (broad SMARTS) is 1. The molecule has 122 valence electrons. The lowest BCUT2D eigenvalue weighted by Crippen LogP contribution is -2.20. The Bertz CT molecular complexity index is 938. The maximum atomic E-state index is 12.8. The van der Waals surface area contributed by atoms with Gasteiger partial charge in [-0.3, -0.25) is 9.48 Å². The summed E-state index contributed by atoms with van der Waals surface area (Å²) in [5, 5.41) is 12.0. The Hall–Kier alpha value is -3.28. The van der Waals surface area contributed by atoms with Crippen molar-refractivity contribution < 1.29 is 9.90 Å². The van der Waals surface area contributed by atoms with Gasteiger partial charge in [-0.2, -0.15) is 0 Å². The van der Waals surface area contributed by atoms with Crippen molar-refractivity contribution in [3.05, 3.63) is 76.2 Å². The number of hydrogen-bond acceptors (Lipinski definition) is 3. The van der Waals surface area contributed by atoms with Gasteiger partial charge in [-0.15, -0.1) is 0 Å². The summed E-state index contributed by atoms with van der Waals surface area (Å²) in [6.07, 6.45) is 0. The lowest BCUT2D eigenvalue weighted by molar-refractivity contribution is 0.0697. The second kappa shape index (κ2) is 6.08. The van der Waals surface area contributed by atoms with Crippen molar-refractivity contribution in [1.82, 2.24) is 9.36 Å². The predicted octanol–water partition coefficient (Wildman–Crippen LogP) is 2.93. The van der Waals surface area contributed by atoms with Crippen LogP contribution in [0.15, 0.2) is 59.4 Å². The number of benzene rings is 2. The number of carboxylic acids is 1. The minimum absolute atomic E-state index is 0.163. The van der Waals surface area contributed by atoms with Crippen molar-refractivity contribution in [2.45, 2.75) is 6.92 Å². The Labute approximate surface area is 138 Å². The maximum Gasteiger partial charge on any atom is 0.335 e. The van der Waals surface area contributed by atoms with E-state index >= 15 is 0 Å². The lowest BCUT2D eigenvalue weighted by atomic mass is 10.2. The van der Waals surface area contributed by atoms with Crippen LogP contribution in [0, 0.1) is 6.92 Å². The van der Waals surface area contributed by atoms with E-state index in [1.54, 1.807) is 21.5 Å². The zero-order valence-electron chi connectivity index (χ0n) is 13.4. The van der Waals surface area contributed by atoms with Crippen molar-refractivity contribution >= 4 is 17.3 Å². The molecule has 0 aliphatic heterocycles. The number of anilines is 2. The van der Waals surface area contributed by atoms with Gasteiger partial charge in [0.1, 0.15) is 5.69 Å². The number of aromatic nitrogens is 2. The van der Waals surface area contributed by atoms with E-state index in [4.69, 9.17) is 5.11 Å². The van der Waals surface area contributed by atoms with Crippen LogP contribution < -0.4 is 10.9 Å². The summed E-state index contributed by atoms with van der Waals surface area (Å²) in [6, 6.07) is 15.7. The average Bonchev–Trinajstić information content (AvgIpc) is 2.80. The van der Waals surface area contributed by atoms with Gasteiger partial charge in [0, 0.05) is 12.7 Å². The fraction of sp³-hybridized carbons (Fsp3) is 0.111. The molecular weight excluding hydrogens is 306 g/mol. The van der Waals surface area contributed by atoms with E-state index in [9.17, 15) is 9.59 Å². The monoisotopic (exact) mass is 323 g/mol. The van der Waals surface area contributed by atoms with Crippen molar-refractivity contribution in [3.63, 3.8) is 0 Å². The van der Waals surface area contributed by atoms with Crippen LogP contribution in [0.4, 0.5) is 11.4 Å². The number of nitrogens with one attached hydrogen (secondary N) is 1. The Balaban J connectivity index is 2.00. The molecule has 0 radical (unpaired) electrons. The molecule has 3 aromatic rings. The highest BCUT2D eigenvalue weighted by Gasteiger charge is 2.16. The highest BCUT2D eigenvalue weighted by atomic mass is 16.4. The van der Waals surface area contributed by atoms with Gasteiger partial charge in [0.2, 0.25) is 0 Å². The SMILES string of the molecule is Cc1c(Nc2ccc(C(=O)O)cc2)c(=O)n(-c2ccccc2)n1C.